The molecule has 0 radical (unpaired) electrons. The highest BCUT2D eigenvalue weighted by molar-refractivity contribution is 7.89. The van der Waals surface area contributed by atoms with Gasteiger partial charge < -0.3 is 10.1 Å². The van der Waals surface area contributed by atoms with Gasteiger partial charge in [0, 0.05) is 7.05 Å². The van der Waals surface area contributed by atoms with Crippen molar-refractivity contribution < 1.29 is 17.9 Å². The molecule has 176 valence electrons. The van der Waals surface area contributed by atoms with Crippen LogP contribution in [0.3, 0.4) is 0 Å². The minimum Gasteiger partial charge on any atom is -0.497 e. The Morgan fingerprint density at radius 2 is 1.64 bits per heavy atom. The zero-order chi connectivity index (χ0) is 24.3. The molecule has 0 aliphatic rings. The number of hydrogen-bond acceptors (Lipinski definition) is 5. The van der Waals surface area contributed by atoms with Crippen molar-refractivity contribution in [3.05, 3.63) is 70.6 Å². The Morgan fingerprint density at radius 3 is 2.18 bits per heavy atom. The third-order valence-corrected chi connectivity index (χ3v) is 6.86. The van der Waals surface area contributed by atoms with E-state index in [9.17, 15) is 18.0 Å². The van der Waals surface area contributed by atoms with Gasteiger partial charge in [-0.15, -0.1) is 0 Å². The monoisotopic (exact) mass is 472 g/mol. The molecule has 0 bridgehead atoms. The van der Waals surface area contributed by atoms with Crippen LogP contribution in [0.15, 0.2) is 64.3 Å². The van der Waals surface area contributed by atoms with Crippen LogP contribution in [-0.2, 0) is 21.9 Å². The van der Waals surface area contributed by atoms with Gasteiger partial charge in [-0.05, 0) is 49.2 Å². The molecular formula is C23H28N4O5S. The molecule has 1 amide bonds. The van der Waals surface area contributed by atoms with Gasteiger partial charge >= 0.3 is 0 Å². The zero-order valence-electron chi connectivity index (χ0n) is 19.2. The smallest absolute Gasteiger partial charge is 0.295 e. The number of sulfonamides is 1. The van der Waals surface area contributed by atoms with Crippen molar-refractivity contribution in [1.82, 2.24) is 14.1 Å². The Balaban J connectivity index is 1.89. The highest BCUT2D eigenvalue weighted by Gasteiger charge is 2.30. The second-order valence-electron chi connectivity index (χ2n) is 7.94. The molecule has 1 heterocycles. The van der Waals surface area contributed by atoms with E-state index in [0.717, 1.165) is 0 Å². The number of benzene rings is 2. The minimum atomic E-state index is -3.99. The molecule has 0 spiro atoms. The van der Waals surface area contributed by atoms with Crippen LogP contribution in [0, 0.1) is 12.8 Å². The number of amides is 1. The molecule has 0 aliphatic heterocycles. The van der Waals surface area contributed by atoms with Gasteiger partial charge in [-0.3, -0.25) is 14.3 Å². The average Bonchev–Trinajstić information content (AvgIpc) is 3.00. The van der Waals surface area contributed by atoms with E-state index in [4.69, 9.17) is 4.74 Å². The fourth-order valence-corrected chi connectivity index (χ4v) is 4.74. The molecule has 0 aliphatic carbocycles. The first-order chi connectivity index (χ1) is 15.6. The molecular weight excluding hydrogens is 444 g/mol. The molecule has 33 heavy (non-hydrogen) atoms. The van der Waals surface area contributed by atoms with E-state index in [0.29, 0.717) is 17.1 Å². The number of hydrogen-bond donors (Lipinski definition) is 2. The third-order valence-electron chi connectivity index (χ3n) is 5.40. The Labute approximate surface area is 193 Å². The van der Waals surface area contributed by atoms with Crippen molar-refractivity contribution in [2.45, 2.75) is 31.7 Å². The fourth-order valence-electron chi connectivity index (χ4n) is 3.40. The highest BCUT2D eigenvalue weighted by Crippen LogP contribution is 2.18. The van der Waals surface area contributed by atoms with Gasteiger partial charge in [0.25, 0.3) is 5.56 Å². The summed E-state index contributed by atoms with van der Waals surface area (Å²) < 4.78 is 36.4. The Morgan fingerprint density at radius 1 is 1.03 bits per heavy atom. The number of nitrogens with zero attached hydrogens (tertiary/aromatic N) is 2. The summed E-state index contributed by atoms with van der Waals surface area (Å²) >= 11 is 0. The lowest BCUT2D eigenvalue weighted by Crippen LogP contribution is -2.47. The van der Waals surface area contributed by atoms with Crippen LogP contribution in [0.1, 0.15) is 19.5 Å². The Bertz CT molecular complexity index is 1290. The SMILES string of the molecule is COc1ccc(S(=O)(=O)N[C@H](C(=O)Nc2c(C)n(C)n(-c3ccccc3)c2=O)C(C)C)cc1. The first-order valence-corrected chi connectivity index (χ1v) is 11.9. The lowest BCUT2D eigenvalue weighted by molar-refractivity contribution is -0.118. The summed E-state index contributed by atoms with van der Waals surface area (Å²) in [6, 6.07) is 13.8. The second-order valence-corrected chi connectivity index (χ2v) is 9.66. The van der Waals surface area contributed by atoms with E-state index < -0.39 is 27.5 Å². The van der Waals surface area contributed by atoms with Crippen molar-refractivity contribution in [3.8, 4) is 11.4 Å². The molecule has 0 unspecified atom stereocenters. The van der Waals surface area contributed by atoms with Crippen molar-refractivity contribution in [1.29, 1.82) is 0 Å². The number of ether oxygens (including phenoxy) is 1. The van der Waals surface area contributed by atoms with Crippen LogP contribution in [0.5, 0.6) is 5.75 Å². The molecule has 1 atom stereocenters. The summed E-state index contributed by atoms with van der Waals surface area (Å²) in [6.07, 6.45) is 0. The van der Waals surface area contributed by atoms with Crippen molar-refractivity contribution in [2.75, 3.05) is 12.4 Å². The topological polar surface area (TPSA) is 111 Å². The number of carbonyl (C=O) groups excluding carboxylic acids is 1. The van der Waals surface area contributed by atoms with E-state index in [-0.39, 0.29) is 16.5 Å². The van der Waals surface area contributed by atoms with Gasteiger partial charge in [-0.2, -0.15) is 4.72 Å². The molecule has 9 nitrogen and oxygen atoms in total. The molecule has 0 fully saturated rings. The minimum absolute atomic E-state index is 0.00377. The standard InChI is InChI=1S/C23H28N4O5S/c1-15(2)20(25-33(30,31)19-13-11-18(32-5)12-14-19)22(28)24-21-16(3)26(4)27(23(21)29)17-9-7-6-8-10-17/h6-15,20,25H,1-5H3,(H,24,28)/t20-/m0/s1. The summed E-state index contributed by atoms with van der Waals surface area (Å²) in [5.74, 6) is -0.479. The van der Waals surface area contributed by atoms with Crippen LogP contribution < -0.4 is 20.3 Å². The third kappa shape index (κ3) is 5.01. The normalized spacial score (nSPS) is 12.5. The predicted molar refractivity (Wildman–Crippen MR) is 126 cm³/mol. The zero-order valence-corrected chi connectivity index (χ0v) is 20.0. The van der Waals surface area contributed by atoms with Gasteiger partial charge in [0.15, 0.2) is 0 Å². The Kier molecular flexibility index (Phi) is 7.09. The first-order valence-electron chi connectivity index (χ1n) is 10.4. The summed E-state index contributed by atoms with van der Waals surface area (Å²) in [4.78, 5) is 26.2. The van der Waals surface area contributed by atoms with Crippen molar-refractivity contribution in [3.63, 3.8) is 0 Å². The number of aromatic nitrogens is 2. The number of rotatable bonds is 8. The maximum atomic E-state index is 13.1. The maximum absolute atomic E-state index is 13.1. The van der Waals surface area contributed by atoms with E-state index in [2.05, 4.69) is 10.0 Å². The van der Waals surface area contributed by atoms with E-state index in [1.165, 1.54) is 36.1 Å². The number of nitrogens with one attached hydrogen (secondary N) is 2. The van der Waals surface area contributed by atoms with E-state index in [1.54, 1.807) is 44.6 Å². The molecule has 0 saturated heterocycles. The second kappa shape index (κ2) is 9.63. The van der Waals surface area contributed by atoms with Gasteiger partial charge in [0.05, 0.1) is 23.4 Å². The molecule has 2 aromatic carbocycles. The number of anilines is 1. The van der Waals surface area contributed by atoms with Crippen LogP contribution >= 0.6 is 0 Å². The van der Waals surface area contributed by atoms with Crippen LogP contribution in [0.2, 0.25) is 0 Å². The summed E-state index contributed by atoms with van der Waals surface area (Å²) in [6.45, 7) is 5.16. The summed E-state index contributed by atoms with van der Waals surface area (Å²) in [7, 11) is -0.790. The summed E-state index contributed by atoms with van der Waals surface area (Å²) in [5, 5.41) is 2.64. The van der Waals surface area contributed by atoms with Gasteiger partial charge in [-0.1, -0.05) is 32.0 Å². The maximum Gasteiger partial charge on any atom is 0.295 e. The van der Waals surface area contributed by atoms with Crippen molar-refractivity contribution in [2.24, 2.45) is 13.0 Å². The molecule has 3 rings (SSSR count). The number of methoxy groups -OCH3 is 1. The van der Waals surface area contributed by atoms with Crippen molar-refractivity contribution >= 4 is 21.6 Å². The highest BCUT2D eigenvalue weighted by atomic mass is 32.2. The van der Waals surface area contributed by atoms with Crippen LogP contribution in [0.25, 0.3) is 5.69 Å². The number of para-hydroxylation sites is 1. The van der Waals surface area contributed by atoms with E-state index in [1.807, 2.05) is 18.2 Å². The molecule has 3 aromatic rings. The quantitative estimate of drug-likeness (QED) is 0.523. The van der Waals surface area contributed by atoms with E-state index >= 15 is 0 Å². The molecule has 1 aromatic heterocycles. The number of carbonyl (C=O) groups is 1. The average molecular weight is 473 g/mol. The van der Waals surface area contributed by atoms with Gasteiger partial charge in [0.2, 0.25) is 15.9 Å². The van der Waals surface area contributed by atoms with Gasteiger partial charge in [0.1, 0.15) is 17.5 Å². The Hall–Kier alpha value is -3.37. The molecule has 2 N–H and O–H groups in total. The molecule has 0 saturated carbocycles. The lowest BCUT2D eigenvalue weighted by atomic mass is 10.0. The van der Waals surface area contributed by atoms with Gasteiger partial charge in [-0.25, -0.2) is 13.1 Å². The first kappa shape index (κ1) is 24.3. The largest absolute Gasteiger partial charge is 0.497 e. The molecule has 10 heteroatoms. The van der Waals surface area contributed by atoms with Crippen LogP contribution in [-0.4, -0.2) is 36.8 Å². The lowest BCUT2D eigenvalue weighted by Gasteiger charge is -2.21. The van der Waals surface area contributed by atoms with Crippen LogP contribution in [0.4, 0.5) is 5.69 Å². The summed E-state index contributed by atoms with van der Waals surface area (Å²) in [5.41, 5.74) is 0.877. The predicted octanol–water partition coefficient (Wildman–Crippen LogP) is 2.43. The fraction of sp³-hybridized carbons (Fsp3) is 0.304.